The first-order valence-electron chi connectivity index (χ1n) is 9.88. The quantitative estimate of drug-likeness (QED) is 0.489. The van der Waals surface area contributed by atoms with Crippen LogP contribution in [-0.4, -0.2) is 22.1 Å². The third-order valence-corrected chi connectivity index (χ3v) is 4.58. The number of amides is 1. The Hall–Kier alpha value is -4.13. The monoisotopic (exact) mass is 415 g/mol. The van der Waals surface area contributed by atoms with E-state index in [2.05, 4.69) is 10.3 Å². The molecular weight excluding hydrogens is 394 g/mol. The van der Waals surface area contributed by atoms with Crippen LogP contribution in [0.2, 0.25) is 0 Å². The summed E-state index contributed by atoms with van der Waals surface area (Å²) in [6.07, 6.45) is 1.22. The van der Waals surface area contributed by atoms with E-state index in [-0.39, 0.29) is 18.0 Å². The third-order valence-electron chi connectivity index (χ3n) is 4.58. The van der Waals surface area contributed by atoms with Gasteiger partial charge in [0.25, 0.3) is 5.56 Å². The molecule has 1 heterocycles. The predicted molar refractivity (Wildman–Crippen MR) is 119 cm³/mol. The topological polar surface area (TPSA) is 82.5 Å². The maximum Gasteiger partial charge on any atom is 0.269 e. The molecule has 0 aliphatic rings. The Bertz CT molecular complexity index is 1270. The Balaban J connectivity index is 1.52. The minimum absolute atomic E-state index is 0.140. The number of carbonyl (C=O) groups is 1. The zero-order valence-electron chi connectivity index (χ0n) is 16.9. The summed E-state index contributed by atoms with van der Waals surface area (Å²) in [4.78, 5) is 29.1. The van der Waals surface area contributed by atoms with Crippen molar-refractivity contribution < 1.29 is 14.3 Å². The molecule has 31 heavy (non-hydrogen) atoms. The molecule has 3 aromatic carbocycles. The van der Waals surface area contributed by atoms with Crippen LogP contribution >= 0.6 is 0 Å². The molecule has 0 atom stereocenters. The van der Waals surface area contributed by atoms with E-state index in [0.29, 0.717) is 34.8 Å². The molecule has 0 fully saturated rings. The Morgan fingerprint density at radius 1 is 0.968 bits per heavy atom. The molecule has 7 nitrogen and oxygen atoms in total. The number of fused-ring (bicyclic) bond motifs is 1. The van der Waals surface area contributed by atoms with Crippen molar-refractivity contribution in [3.63, 3.8) is 0 Å². The number of para-hydroxylation sites is 4. The standard InChI is InChI=1S/C24H21N3O4/c1-2-30-17-11-13-18(14-12-17)31-22-10-6-4-8-20(22)26-23(28)16-27-21-9-5-3-7-19(21)25-15-24(27)29/h3-15H,2,16H2,1H3,(H,26,28). The van der Waals surface area contributed by atoms with E-state index in [1.807, 2.05) is 31.2 Å². The number of ether oxygens (including phenoxy) is 2. The van der Waals surface area contributed by atoms with Crippen LogP contribution in [0.4, 0.5) is 5.69 Å². The average molecular weight is 415 g/mol. The Morgan fingerprint density at radius 2 is 1.68 bits per heavy atom. The Morgan fingerprint density at radius 3 is 2.48 bits per heavy atom. The van der Waals surface area contributed by atoms with Crippen molar-refractivity contribution >= 4 is 22.6 Å². The number of rotatable bonds is 7. The van der Waals surface area contributed by atoms with Gasteiger partial charge in [0.2, 0.25) is 5.91 Å². The number of aromatic nitrogens is 2. The molecule has 0 saturated carbocycles. The summed E-state index contributed by atoms with van der Waals surface area (Å²) < 4.78 is 12.8. The fourth-order valence-corrected chi connectivity index (χ4v) is 3.17. The minimum atomic E-state index is -0.346. The van der Waals surface area contributed by atoms with Crippen LogP contribution < -0.4 is 20.3 Å². The second kappa shape index (κ2) is 9.13. The number of benzene rings is 3. The lowest BCUT2D eigenvalue weighted by atomic mass is 10.2. The van der Waals surface area contributed by atoms with Crippen molar-refractivity contribution in [3.05, 3.63) is 89.3 Å². The fraction of sp³-hybridized carbons (Fsp3) is 0.125. The Labute approximate surface area is 178 Å². The van der Waals surface area contributed by atoms with E-state index in [1.54, 1.807) is 48.5 Å². The van der Waals surface area contributed by atoms with Crippen molar-refractivity contribution in [2.75, 3.05) is 11.9 Å². The predicted octanol–water partition coefficient (Wildman–Crippen LogP) is 4.23. The summed E-state index contributed by atoms with van der Waals surface area (Å²) in [6.45, 7) is 2.37. The van der Waals surface area contributed by atoms with Crippen LogP contribution in [0, 0.1) is 0 Å². The van der Waals surface area contributed by atoms with Gasteiger partial charge in [-0.25, -0.2) is 4.98 Å². The number of nitrogens with one attached hydrogen (secondary N) is 1. The van der Waals surface area contributed by atoms with Gasteiger partial charge in [-0.1, -0.05) is 24.3 Å². The molecule has 156 valence electrons. The van der Waals surface area contributed by atoms with Crippen LogP contribution in [-0.2, 0) is 11.3 Å². The maximum absolute atomic E-state index is 12.7. The average Bonchev–Trinajstić information content (AvgIpc) is 2.78. The molecule has 0 radical (unpaired) electrons. The number of hydrogen-bond donors (Lipinski definition) is 1. The molecule has 0 unspecified atom stereocenters. The van der Waals surface area contributed by atoms with Gasteiger partial charge in [-0.15, -0.1) is 0 Å². The van der Waals surface area contributed by atoms with Gasteiger partial charge in [0.1, 0.15) is 18.0 Å². The van der Waals surface area contributed by atoms with E-state index < -0.39 is 0 Å². The summed E-state index contributed by atoms with van der Waals surface area (Å²) in [5, 5.41) is 2.83. The van der Waals surface area contributed by atoms with Gasteiger partial charge in [-0.05, 0) is 55.5 Å². The summed E-state index contributed by atoms with van der Waals surface area (Å²) in [5.41, 5.74) is 1.42. The zero-order valence-corrected chi connectivity index (χ0v) is 16.9. The van der Waals surface area contributed by atoms with Crippen LogP contribution in [0.3, 0.4) is 0 Å². The first-order chi connectivity index (χ1) is 15.1. The van der Waals surface area contributed by atoms with Crippen molar-refractivity contribution in [1.29, 1.82) is 0 Å². The third kappa shape index (κ3) is 4.72. The van der Waals surface area contributed by atoms with E-state index in [1.165, 1.54) is 10.8 Å². The lowest BCUT2D eigenvalue weighted by Gasteiger charge is -2.14. The van der Waals surface area contributed by atoms with Crippen molar-refractivity contribution in [2.24, 2.45) is 0 Å². The summed E-state index contributed by atoms with van der Waals surface area (Å²) in [5.74, 6) is 1.51. The molecule has 4 rings (SSSR count). The number of anilines is 1. The highest BCUT2D eigenvalue weighted by Crippen LogP contribution is 2.30. The highest BCUT2D eigenvalue weighted by molar-refractivity contribution is 5.93. The second-order valence-corrected chi connectivity index (χ2v) is 6.72. The first kappa shape index (κ1) is 20.2. The van der Waals surface area contributed by atoms with Gasteiger partial charge in [0.05, 0.1) is 29.5 Å². The van der Waals surface area contributed by atoms with Gasteiger partial charge in [-0.2, -0.15) is 0 Å². The molecule has 7 heteroatoms. The maximum atomic E-state index is 12.7. The van der Waals surface area contributed by atoms with Crippen LogP contribution in [0.25, 0.3) is 11.0 Å². The largest absolute Gasteiger partial charge is 0.494 e. The number of carbonyl (C=O) groups excluding carboxylic acids is 1. The molecule has 0 bridgehead atoms. The smallest absolute Gasteiger partial charge is 0.269 e. The first-order valence-corrected chi connectivity index (χ1v) is 9.88. The van der Waals surface area contributed by atoms with Crippen LogP contribution in [0.5, 0.6) is 17.2 Å². The van der Waals surface area contributed by atoms with E-state index in [0.717, 1.165) is 5.75 Å². The second-order valence-electron chi connectivity index (χ2n) is 6.72. The summed E-state index contributed by atoms with van der Waals surface area (Å²) in [6, 6.07) is 21.6. The van der Waals surface area contributed by atoms with Gasteiger partial charge in [0, 0.05) is 0 Å². The van der Waals surface area contributed by atoms with Crippen molar-refractivity contribution in [2.45, 2.75) is 13.5 Å². The minimum Gasteiger partial charge on any atom is -0.494 e. The van der Waals surface area contributed by atoms with Gasteiger partial charge in [0.15, 0.2) is 5.75 Å². The molecule has 1 N–H and O–H groups in total. The molecule has 1 amide bonds. The van der Waals surface area contributed by atoms with E-state index in [9.17, 15) is 9.59 Å². The van der Waals surface area contributed by atoms with Crippen LogP contribution in [0.1, 0.15) is 6.92 Å². The molecule has 0 spiro atoms. The molecular formula is C24H21N3O4. The number of nitrogens with zero attached hydrogens (tertiary/aromatic N) is 2. The zero-order chi connectivity index (χ0) is 21.6. The van der Waals surface area contributed by atoms with Crippen molar-refractivity contribution in [1.82, 2.24) is 9.55 Å². The molecule has 4 aromatic rings. The molecule has 0 aliphatic carbocycles. The highest BCUT2D eigenvalue weighted by atomic mass is 16.5. The lowest BCUT2D eigenvalue weighted by molar-refractivity contribution is -0.116. The number of hydrogen-bond acceptors (Lipinski definition) is 5. The highest BCUT2D eigenvalue weighted by Gasteiger charge is 2.12. The molecule has 0 aliphatic heterocycles. The SMILES string of the molecule is CCOc1ccc(Oc2ccccc2NC(=O)Cn2c(=O)cnc3ccccc32)cc1. The van der Waals surface area contributed by atoms with E-state index >= 15 is 0 Å². The normalized spacial score (nSPS) is 10.6. The van der Waals surface area contributed by atoms with E-state index in [4.69, 9.17) is 9.47 Å². The van der Waals surface area contributed by atoms with Crippen molar-refractivity contribution in [3.8, 4) is 17.2 Å². The van der Waals surface area contributed by atoms with Gasteiger partial charge < -0.3 is 14.8 Å². The lowest BCUT2D eigenvalue weighted by Crippen LogP contribution is -2.28. The van der Waals surface area contributed by atoms with Crippen LogP contribution in [0.15, 0.2) is 83.8 Å². The summed E-state index contributed by atoms with van der Waals surface area (Å²) in [7, 11) is 0. The molecule has 1 aromatic heterocycles. The fourth-order valence-electron chi connectivity index (χ4n) is 3.17. The van der Waals surface area contributed by atoms with Gasteiger partial charge >= 0.3 is 0 Å². The Kier molecular flexibility index (Phi) is 5.93. The summed E-state index contributed by atoms with van der Waals surface area (Å²) >= 11 is 0. The van der Waals surface area contributed by atoms with Gasteiger partial charge in [-0.3, -0.25) is 14.2 Å². The molecule has 0 saturated heterocycles.